The molecule has 0 unspecified atom stereocenters. The van der Waals surface area contributed by atoms with Crippen molar-refractivity contribution in [3.63, 3.8) is 0 Å². The summed E-state index contributed by atoms with van der Waals surface area (Å²) in [6.07, 6.45) is 7.16. The maximum Gasteiger partial charge on any atom is 0.124 e. The predicted octanol–water partition coefficient (Wildman–Crippen LogP) is 3.32. The van der Waals surface area contributed by atoms with Crippen molar-refractivity contribution >= 4 is 6.21 Å². The average Bonchev–Trinajstić information content (AvgIpc) is 2.29. The zero-order valence-electron chi connectivity index (χ0n) is 9.69. The summed E-state index contributed by atoms with van der Waals surface area (Å²) in [5.41, 5.74) is 1.74. The summed E-state index contributed by atoms with van der Waals surface area (Å²) in [5.74, 6) is 0.148. The first-order valence-electron chi connectivity index (χ1n) is 5.77. The van der Waals surface area contributed by atoms with Crippen LogP contribution in [0.4, 0.5) is 0 Å². The number of unbranched alkanes of at least 4 members (excludes halogenated alkanes) is 3. The van der Waals surface area contributed by atoms with Gasteiger partial charge in [-0.15, -0.1) is 0 Å². The van der Waals surface area contributed by atoms with Crippen LogP contribution in [0.3, 0.4) is 0 Å². The first kappa shape index (κ1) is 12.6. The molecule has 1 aromatic rings. The van der Waals surface area contributed by atoms with E-state index < -0.39 is 0 Å². The van der Waals surface area contributed by atoms with Crippen molar-refractivity contribution in [3.05, 3.63) is 29.3 Å². The lowest BCUT2D eigenvalue weighted by Gasteiger charge is -2.04. The molecule has 0 atom stereocenters. The molecule has 1 aromatic carbocycles. The number of phenols is 1. The summed E-state index contributed by atoms with van der Waals surface area (Å²) in [5, 5.41) is 20.8. The highest BCUT2D eigenvalue weighted by atomic mass is 16.4. The van der Waals surface area contributed by atoms with Crippen LogP contribution >= 0.6 is 0 Å². The Morgan fingerprint density at radius 3 is 2.75 bits per heavy atom. The molecule has 88 valence electrons. The number of nitrogens with zero attached hydrogens (tertiary/aromatic N) is 1. The van der Waals surface area contributed by atoms with E-state index in [2.05, 4.69) is 12.1 Å². The van der Waals surface area contributed by atoms with Gasteiger partial charge in [0.05, 0.1) is 6.21 Å². The third-order valence-corrected chi connectivity index (χ3v) is 2.61. The van der Waals surface area contributed by atoms with Gasteiger partial charge in [-0.2, -0.15) is 0 Å². The molecule has 0 aliphatic carbocycles. The number of benzene rings is 1. The van der Waals surface area contributed by atoms with Crippen LogP contribution in [-0.4, -0.2) is 16.5 Å². The van der Waals surface area contributed by atoms with E-state index in [9.17, 15) is 5.11 Å². The number of rotatable bonds is 6. The van der Waals surface area contributed by atoms with Gasteiger partial charge >= 0.3 is 0 Å². The number of aromatic hydroxyl groups is 1. The van der Waals surface area contributed by atoms with Gasteiger partial charge in [0, 0.05) is 5.56 Å². The Hall–Kier alpha value is -1.51. The van der Waals surface area contributed by atoms with E-state index in [1.807, 2.05) is 12.1 Å². The second-order valence-electron chi connectivity index (χ2n) is 3.95. The monoisotopic (exact) mass is 221 g/mol. The zero-order chi connectivity index (χ0) is 11.8. The third-order valence-electron chi connectivity index (χ3n) is 2.61. The van der Waals surface area contributed by atoms with E-state index in [-0.39, 0.29) is 5.75 Å². The van der Waals surface area contributed by atoms with Crippen LogP contribution in [0.15, 0.2) is 23.4 Å². The molecule has 3 heteroatoms. The quantitative estimate of drug-likeness (QED) is 0.335. The highest BCUT2D eigenvalue weighted by Crippen LogP contribution is 2.18. The minimum absolute atomic E-state index is 0.148. The lowest BCUT2D eigenvalue weighted by Crippen LogP contribution is -1.90. The van der Waals surface area contributed by atoms with Gasteiger partial charge in [0.1, 0.15) is 5.75 Å². The maximum absolute atomic E-state index is 9.47. The molecule has 2 N–H and O–H groups in total. The van der Waals surface area contributed by atoms with E-state index in [4.69, 9.17) is 5.21 Å². The molecule has 0 saturated carbocycles. The molecule has 0 aliphatic heterocycles. The Morgan fingerprint density at radius 1 is 1.25 bits per heavy atom. The van der Waals surface area contributed by atoms with E-state index in [1.54, 1.807) is 6.07 Å². The van der Waals surface area contributed by atoms with Gasteiger partial charge in [0.2, 0.25) is 0 Å². The van der Waals surface area contributed by atoms with E-state index >= 15 is 0 Å². The fourth-order valence-corrected chi connectivity index (χ4v) is 1.68. The number of hydrogen-bond acceptors (Lipinski definition) is 3. The van der Waals surface area contributed by atoms with Crippen LogP contribution in [0.2, 0.25) is 0 Å². The molecule has 0 bridgehead atoms. The molecular weight excluding hydrogens is 202 g/mol. The molecule has 0 fully saturated rings. The van der Waals surface area contributed by atoms with Gasteiger partial charge < -0.3 is 10.3 Å². The molecule has 16 heavy (non-hydrogen) atoms. The molecule has 0 aromatic heterocycles. The predicted molar refractivity (Wildman–Crippen MR) is 65.3 cm³/mol. The zero-order valence-corrected chi connectivity index (χ0v) is 9.69. The third kappa shape index (κ3) is 3.93. The van der Waals surface area contributed by atoms with Crippen molar-refractivity contribution < 1.29 is 10.3 Å². The fourth-order valence-electron chi connectivity index (χ4n) is 1.68. The van der Waals surface area contributed by atoms with Crippen LogP contribution < -0.4 is 0 Å². The molecular formula is C13H19NO2. The first-order valence-corrected chi connectivity index (χ1v) is 5.77. The summed E-state index contributed by atoms with van der Waals surface area (Å²) >= 11 is 0. The van der Waals surface area contributed by atoms with Crippen LogP contribution in [-0.2, 0) is 6.42 Å². The van der Waals surface area contributed by atoms with Crippen molar-refractivity contribution in [3.8, 4) is 5.75 Å². The number of oxime groups is 1. The van der Waals surface area contributed by atoms with Gasteiger partial charge in [-0.1, -0.05) is 37.4 Å². The van der Waals surface area contributed by atoms with Gasteiger partial charge in [-0.25, -0.2) is 0 Å². The van der Waals surface area contributed by atoms with Crippen LogP contribution in [0.25, 0.3) is 0 Å². The standard InChI is InChI=1S/C13H19NO2/c1-2-3-4-5-6-11-7-8-13(15)12(9-11)10-14-16/h7-10,15-16H,2-6H2,1H3. The summed E-state index contributed by atoms with van der Waals surface area (Å²) in [6, 6.07) is 5.42. The smallest absolute Gasteiger partial charge is 0.124 e. The fraction of sp³-hybridized carbons (Fsp3) is 0.462. The van der Waals surface area contributed by atoms with Gasteiger partial charge in [-0.05, 0) is 30.5 Å². The molecule has 0 amide bonds. The van der Waals surface area contributed by atoms with Gasteiger partial charge in [0.25, 0.3) is 0 Å². The summed E-state index contributed by atoms with van der Waals surface area (Å²) in [7, 11) is 0. The highest BCUT2D eigenvalue weighted by Gasteiger charge is 2.00. The van der Waals surface area contributed by atoms with Crippen molar-refractivity contribution in [2.75, 3.05) is 0 Å². The molecule has 0 heterocycles. The topological polar surface area (TPSA) is 52.8 Å². The normalized spacial score (nSPS) is 11.1. The molecule has 1 rings (SSSR count). The minimum atomic E-state index is 0.148. The Morgan fingerprint density at radius 2 is 2.06 bits per heavy atom. The van der Waals surface area contributed by atoms with Crippen molar-refractivity contribution in [1.82, 2.24) is 0 Å². The molecule has 0 saturated heterocycles. The van der Waals surface area contributed by atoms with E-state index in [0.29, 0.717) is 5.56 Å². The summed E-state index contributed by atoms with van der Waals surface area (Å²) in [4.78, 5) is 0. The van der Waals surface area contributed by atoms with Crippen molar-refractivity contribution in [2.24, 2.45) is 5.16 Å². The van der Waals surface area contributed by atoms with Crippen LogP contribution in [0.1, 0.15) is 43.7 Å². The number of aryl methyl sites for hydroxylation is 1. The van der Waals surface area contributed by atoms with Gasteiger partial charge in [0.15, 0.2) is 0 Å². The molecule has 0 radical (unpaired) electrons. The number of phenolic OH excluding ortho intramolecular Hbond substituents is 1. The number of hydrogen-bond donors (Lipinski definition) is 2. The van der Waals surface area contributed by atoms with Crippen molar-refractivity contribution in [2.45, 2.75) is 39.0 Å². The molecule has 0 spiro atoms. The second kappa shape index (κ2) is 6.88. The Labute approximate surface area is 96.4 Å². The minimum Gasteiger partial charge on any atom is -0.507 e. The second-order valence-corrected chi connectivity index (χ2v) is 3.95. The lowest BCUT2D eigenvalue weighted by atomic mass is 10.0. The Balaban J connectivity index is 2.57. The van der Waals surface area contributed by atoms with Crippen LogP contribution in [0, 0.1) is 0 Å². The average molecular weight is 221 g/mol. The van der Waals surface area contributed by atoms with Crippen LogP contribution in [0.5, 0.6) is 5.75 Å². The Kier molecular flexibility index (Phi) is 5.40. The Bertz CT molecular complexity index is 348. The SMILES string of the molecule is CCCCCCc1ccc(O)c(C=NO)c1. The maximum atomic E-state index is 9.47. The van der Waals surface area contributed by atoms with E-state index in [1.165, 1.54) is 31.0 Å². The summed E-state index contributed by atoms with van der Waals surface area (Å²) < 4.78 is 0. The lowest BCUT2D eigenvalue weighted by molar-refractivity contribution is 0.321. The van der Waals surface area contributed by atoms with Crippen molar-refractivity contribution in [1.29, 1.82) is 0 Å². The largest absolute Gasteiger partial charge is 0.507 e. The molecule has 0 aliphatic rings. The first-order chi connectivity index (χ1) is 7.77. The summed E-state index contributed by atoms with van der Waals surface area (Å²) in [6.45, 7) is 2.19. The van der Waals surface area contributed by atoms with E-state index in [0.717, 1.165) is 12.8 Å². The highest BCUT2D eigenvalue weighted by molar-refractivity contribution is 5.83. The molecule has 3 nitrogen and oxygen atoms in total. The van der Waals surface area contributed by atoms with Gasteiger partial charge in [-0.3, -0.25) is 0 Å².